The van der Waals surface area contributed by atoms with Crippen LogP contribution in [0.15, 0.2) is 12.1 Å². The van der Waals surface area contributed by atoms with Crippen molar-refractivity contribution in [2.45, 2.75) is 6.92 Å². The first kappa shape index (κ1) is 10.2. The number of ketones is 1. The van der Waals surface area contributed by atoms with Crippen LogP contribution in [0, 0.1) is 12.7 Å². The Hall–Kier alpha value is -0.900. The van der Waals surface area contributed by atoms with Crippen LogP contribution in [0.1, 0.15) is 15.9 Å². The van der Waals surface area contributed by atoms with E-state index in [1.165, 1.54) is 12.1 Å². The van der Waals surface area contributed by atoms with Gasteiger partial charge in [0.1, 0.15) is 5.82 Å². The Morgan fingerprint density at radius 2 is 2.23 bits per heavy atom. The van der Waals surface area contributed by atoms with Gasteiger partial charge >= 0.3 is 0 Å². The molecule has 0 aliphatic rings. The Labute approximate surface area is 84.1 Å². The number of carbonyl (C=O) groups is 1. The highest BCUT2D eigenvalue weighted by Gasteiger charge is 2.10. The number of Topliss-reactive ketones (excluding diaryl/α,β-unsaturated/α-hetero) is 1. The van der Waals surface area contributed by atoms with Crippen molar-refractivity contribution in [1.29, 1.82) is 0 Å². The van der Waals surface area contributed by atoms with Gasteiger partial charge in [0.2, 0.25) is 0 Å². The third-order valence-corrected chi connectivity index (χ3v) is 2.26. The normalized spacial score (nSPS) is 10.1. The highest BCUT2D eigenvalue weighted by atomic mass is 79.9. The van der Waals surface area contributed by atoms with Crippen molar-refractivity contribution in [3.8, 4) is 0 Å². The van der Waals surface area contributed by atoms with E-state index in [2.05, 4.69) is 15.9 Å². The van der Waals surface area contributed by atoms with Crippen LogP contribution in [0.4, 0.5) is 10.1 Å². The summed E-state index contributed by atoms with van der Waals surface area (Å²) in [6.45, 7) is 1.60. The van der Waals surface area contributed by atoms with E-state index in [0.29, 0.717) is 11.1 Å². The van der Waals surface area contributed by atoms with Crippen molar-refractivity contribution in [1.82, 2.24) is 0 Å². The molecule has 0 saturated carbocycles. The molecule has 0 atom stereocenters. The Morgan fingerprint density at radius 3 is 2.77 bits per heavy atom. The lowest BCUT2D eigenvalue weighted by molar-refractivity contribution is 0.102. The molecule has 4 heteroatoms. The fourth-order valence-electron chi connectivity index (χ4n) is 1.01. The molecule has 1 aromatic carbocycles. The van der Waals surface area contributed by atoms with Gasteiger partial charge in [-0.15, -0.1) is 0 Å². The quantitative estimate of drug-likeness (QED) is 0.494. The molecule has 70 valence electrons. The average Bonchev–Trinajstić information content (AvgIpc) is 2.10. The lowest BCUT2D eigenvalue weighted by Crippen LogP contribution is -2.06. The molecule has 0 heterocycles. The molecule has 0 radical (unpaired) electrons. The van der Waals surface area contributed by atoms with E-state index in [-0.39, 0.29) is 22.6 Å². The smallest absolute Gasteiger partial charge is 0.175 e. The molecule has 0 unspecified atom stereocenters. The van der Waals surface area contributed by atoms with E-state index in [9.17, 15) is 9.18 Å². The Kier molecular flexibility index (Phi) is 3.03. The zero-order chi connectivity index (χ0) is 10.0. The molecule has 0 aromatic heterocycles. The first-order valence-electron chi connectivity index (χ1n) is 3.71. The molecule has 0 spiro atoms. The van der Waals surface area contributed by atoms with E-state index < -0.39 is 0 Å². The average molecular weight is 246 g/mol. The minimum atomic E-state index is -0.386. The summed E-state index contributed by atoms with van der Waals surface area (Å²) < 4.78 is 12.9. The van der Waals surface area contributed by atoms with Crippen LogP contribution in [-0.4, -0.2) is 11.1 Å². The van der Waals surface area contributed by atoms with E-state index >= 15 is 0 Å². The second kappa shape index (κ2) is 3.87. The molecule has 0 aliphatic heterocycles. The maximum absolute atomic E-state index is 12.9. The third-order valence-electron chi connectivity index (χ3n) is 1.75. The number of rotatable bonds is 2. The summed E-state index contributed by atoms with van der Waals surface area (Å²) in [4.78, 5) is 11.2. The number of hydrogen-bond acceptors (Lipinski definition) is 2. The number of carbonyl (C=O) groups excluding carboxylic acids is 1. The number of nitrogens with two attached hydrogens (primary N) is 1. The monoisotopic (exact) mass is 245 g/mol. The van der Waals surface area contributed by atoms with Gasteiger partial charge < -0.3 is 5.73 Å². The number of benzene rings is 1. The summed E-state index contributed by atoms with van der Waals surface area (Å²) >= 11 is 3.03. The maximum atomic E-state index is 12.9. The molecule has 0 bridgehead atoms. The minimum absolute atomic E-state index is 0.138. The zero-order valence-electron chi connectivity index (χ0n) is 7.10. The molecular formula is C9H9BrFNO. The molecule has 13 heavy (non-hydrogen) atoms. The predicted octanol–water partition coefficient (Wildman–Crippen LogP) is 2.29. The Morgan fingerprint density at radius 1 is 1.62 bits per heavy atom. The van der Waals surface area contributed by atoms with Gasteiger partial charge in [-0.2, -0.15) is 0 Å². The molecule has 0 amide bonds. The lowest BCUT2D eigenvalue weighted by Gasteiger charge is -2.04. The predicted molar refractivity (Wildman–Crippen MR) is 53.7 cm³/mol. The molecule has 0 aliphatic carbocycles. The van der Waals surface area contributed by atoms with Crippen LogP contribution < -0.4 is 5.73 Å². The van der Waals surface area contributed by atoms with E-state index in [4.69, 9.17) is 5.73 Å². The van der Waals surface area contributed by atoms with Gasteiger partial charge in [0, 0.05) is 11.3 Å². The van der Waals surface area contributed by atoms with Gasteiger partial charge in [0.15, 0.2) is 5.78 Å². The molecule has 0 fully saturated rings. The highest BCUT2D eigenvalue weighted by Crippen LogP contribution is 2.18. The van der Waals surface area contributed by atoms with Crippen LogP contribution in [0.3, 0.4) is 0 Å². The molecular weight excluding hydrogens is 237 g/mol. The molecule has 1 rings (SSSR count). The van der Waals surface area contributed by atoms with E-state index in [1.807, 2.05) is 0 Å². The Balaban J connectivity index is 3.23. The first-order valence-corrected chi connectivity index (χ1v) is 4.83. The van der Waals surface area contributed by atoms with Gasteiger partial charge in [-0.3, -0.25) is 4.79 Å². The second-order valence-corrected chi connectivity index (χ2v) is 3.31. The zero-order valence-corrected chi connectivity index (χ0v) is 8.69. The summed E-state index contributed by atoms with van der Waals surface area (Å²) in [5.41, 5.74) is 6.47. The number of halogens is 2. The van der Waals surface area contributed by atoms with Gasteiger partial charge in [0.25, 0.3) is 0 Å². The number of nitrogen functional groups attached to an aromatic ring is 1. The molecule has 1 aromatic rings. The standard InChI is InChI=1S/C9H9BrFNO/c1-5-2-6(9(13)4-10)8(12)3-7(5)11/h2-3H,4,12H2,1H3. The van der Waals surface area contributed by atoms with E-state index in [1.54, 1.807) is 6.92 Å². The fraction of sp³-hybridized carbons (Fsp3) is 0.222. The van der Waals surface area contributed by atoms with Crippen LogP contribution >= 0.6 is 15.9 Å². The van der Waals surface area contributed by atoms with Crippen LogP contribution in [0.5, 0.6) is 0 Å². The Bertz CT molecular complexity index is 352. The lowest BCUT2D eigenvalue weighted by atomic mass is 10.1. The number of aryl methyl sites for hydroxylation is 1. The number of anilines is 1. The van der Waals surface area contributed by atoms with Crippen molar-refractivity contribution < 1.29 is 9.18 Å². The number of hydrogen-bond donors (Lipinski definition) is 1. The van der Waals surface area contributed by atoms with Crippen LogP contribution in [-0.2, 0) is 0 Å². The van der Waals surface area contributed by atoms with Crippen molar-refractivity contribution in [3.05, 3.63) is 29.1 Å². The minimum Gasteiger partial charge on any atom is -0.398 e. The largest absolute Gasteiger partial charge is 0.398 e. The molecule has 2 N–H and O–H groups in total. The van der Waals surface area contributed by atoms with Crippen LogP contribution in [0.25, 0.3) is 0 Å². The SMILES string of the molecule is Cc1cc(C(=O)CBr)c(N)cc1F. The summed E-state index contributed by atoms with van der Waals surface area (Å²) in [6, 6.07) is 2.64. The maximum Gasteiger partial charge on any atom is 0.175 e. The second-order valence-electron chi connectivity index (χ2n) is 2.75. The summed E-state index contributed by atoms with van der Waals surface area (Å²) in [5, 5.41) is 0.197. The summed E-state index contributed by atoms with van der Waals surface area (Å²) in [6.07, 6.45) is 0. The van der Waals surface area contributed by atoms with Crippen molar-refractivity contribution in [2.75, 3.05) is 11.1 Å². The van der Waals surface area contributed by atoms with Crippen molar-refractivity contribution in [3.63, 3.8) is 0 Å². The fourth-order valence-corrected chi connectivity index (χ4v) is 1.31. The highest BCUT2D eigenvalue weighted by molar-refractivity contribution is 9.09. The molecule has 2 nitrogen and oxygen atoms in total. The van der Waals surface area contributed by atoms with Gasteiger partial charge in [-0.1, -0.05) is 15.9 Å². The number of alkyl halides is 1. The van der Waals surface area contributed by atoms with Crippen molar-refractivity contribution >= 4 is 27.4 Å². The summed E-state index contributed by atoms with van der Waals surface area (Å²) in [5.74, 6) is -0.524. The van der Waals surface area contributed by atoms with Crippen LogP contribution in [0.2, 0.25) is 0 Å². The van der Waals surface area contributed by atoms with Gasteiger partial charge in [-0.05, 0) is 24.6 Å². The first-order chi connectivity index (χ1) is 6.06. The van der Waals surface area contributed by atoms with Crippen molar-refractivity contribution in [2.24, 2.45) is 0 Å². The molecule has 0 saturated heterocycles. The third kappa shape index (κ3) is 2.06. The van der Waals surface area contributed by atoms with Gasteiger partial charge in [0.05, 0.1) is 5.33 Å². The summed E-state index contributed by atoms with van der Waals surface area (Å²) in [7, 11) is 0. The van der Waals surface area contributed by atoms with Gasteiger partial charge in [-0.25, -0.2) is 4.39 Å². The van der Waals surface area contributed by atoms with E-state index in [0.717, 1.165) is 0 Å². The topological polar surface area (TPSA) is 43.1 Å².